The first-order valence-electron chi connectivity index (χ1n) is 7.31. The number of nitrogen functional groups attached to an aromatic ring is 1. The molecule has 2 rings (SSSR count). The average Bonchev–Trinajstić information content (AvgIpc) is 2.31. The van der Waals surface area contributed by atoms with Crippen molar-refractivity contribution in [3.05, 3.63) is 23.8 Å². The summed E-state index contributed by atoms with van der Waals surface area (Å²) in [6.07, 6.45) is 8.11. The molecule has 1 aliphatic rings. The maximum atomic E-state index is 5.89. The fourth-order valence-electron chi connectivity index (χ4n) is 3.14. The van der Waals surface area contributed by atoms with Crippen LogP contribution < -0.4 is 11.1 Å². The Morgan fingerprint density at radius 2 is 1.89 bits per heavy atom. The lowest BCUT2D eigenvalue weighted by Gasteiger charge is -2.29. The zero-order valence-electron chi connectivity index (χ0n) is 11.7. The number of aryl methyl sites for hydroxylation is 1. The molecule has 2 nitrogen and oxygen atoms in total. The van der Waals surface area contributed by atoms with Crippen LogP contribution in [0.25, 0.3) is 0 Å². The van der Waals surface area contributed by atoms with Crippen LogP contribution in [-0.4, -0.2) is 6.04 Å². The van der Waals surface area contributed by atoms with Crippen LogP contribution in [0.3, 0.4) is 0 Å². The molecule has 1 fully saturated rings. The molecular weight excluding hydrogens is 220 g/mol. The predicted octanol–water partition coefficient (Wildman–Crippen LogP) is 4.35. The van der Waals surface area contributed by atoms with E-state index in [4.69, 9.17) is 5.73 Å². The van der Waals surface area contributed by atoms with Crippen molar-refractivity contribution >= 4 is 11.4 Å². The Bertz CT molecular complexity index is 358. The van der Waals surface area contributed by atoms with Gasteiger partial charge in [0.05, 0.1) is 0 Å². The minimum Gasteiger partial charge on any atom is -0.399 e. The zero-order valence-corrected chi connectivity index (χ0v) is 11.7. The lowest BCUT2D eigenvalue weighted by Crippen LogP contribution is -2.26. The minimum absolute atomic E-state index is 0.638. The lowest BCUT2D eigenvalue weighted by atomic mass is 9.83. The molecule has 0 atom stereocenters. The van der Waals surface area contributed by atoms with Crippen LogP contribution in [0.2, 0.25) is 0 Å². The molecule has 0 bridgehead atoms. The van der Waals surface area contributed by atoms with Crippen molar-refractivity contribution in [2.24, 2.45) is 5.92 Å². The van der Waals surface area contributed by atoms with E-state index in [0.717, 1.165) is 11.6 Å². The van der Waals surface area contributed by atoms with Crippen LogP contribution in [0.15, 0.2) is 18.2 Å². The number of nitrogens with two attached hydrogens (primary N) is 1. The van der Waals surface area contributed by atoms with Crippen LogP contribution in [0.5, 0.6) is 0 Å². The summed E-state index contributed by atoms with van der Waals surface area (Å²) >= 11 is 0. The number of anilines is 2. The van der Waals surface area contributed by atoms with Gasteiger partial charge in [-0.3, -0.25) is 0 Å². The van der Waals surface area contributed by atoms with Gasteiger partial charge in [0.2, 0.25) is 0 Å². The maximum Gasteiger partial charge on any atom is 0.0365 e. The van der Waals surface area contributed by atoms with E-state index < -0.39 is 0 Å². The second kappa shape index (κ2) is 6.12. The molecule has 0 unspecified atom stereocenters. The van der Waals surface area contributed by atoms with Crippen molar-refractivity contribution in [1.82, 2.24) is 0 Å². The number of benzene rings is 1. The molecule has 0 aromatic heterocycles. The summed E-state index contributed by atoms with van der Waals surface area (Å²) in [4.78, 5) is 0. The molecule has 3 N–H and O–H groups in total. The molecule has 0 spiro atoms. The van der Waals surface area contributed by atoms with Gasteiger partial charge >= 0.3 is 0 Å². The second-order valence-electron chi connectivity index (χ2n) is 5.78. The predicted molar refractivity (Wildman–Crippen MR) is 79.9 cm³/mol. The third-order valence-corrected chi connectivity index (χ3v) is 4.01. The van der Waals surface area contributed by atoms with E-state index in [1.165, 1.54) is 49.8 Å². The lowest BCUT2D eigenvalue weighted by molar-refractivity contribution is 0.319. The van der Waals surface area contributed by atoms with E-state index in [1.807, 2.05) is 12.1 Å². The Labute approximate surface area is 111 Å². The normalized spacial score (nSPS) is 23.9. The molecule has 0 aliphatic heterocycles. The van der Waals surface area contributed by atoms with Gasteiger partial charge in [-0.2, -0.15) is 0 Å². The first-order chi connectivity index (χ1) is 8.67. The molecular formula is C16H26N2. The van der Waals surface area contributed by atoms with E-state index in [0.29, 0.717) is 6.04 Å². The zero-order chi connectivity index (χ0) is 13.0. The molecule has 100 valence electrons. The Hall–Kier alpha value is -1.18. The number of rotatable bonds is 4. The molecule has 1 aromatic carbocycles. The van der Waals surface area contributed by atoms with Crippen molar-refractivity contribution in [2.75, 3.05) is 11.1 Å². The highest BCUT2D eigenvalue weighted by atomic mass is 14.9. The summed E-state index contributed by atoms with van der Waals surface area (Å²) in [5, 5.41) is 3.65. The smallest absolute Gasteiger partial charge is 0.0365 e. The average molecular weight is 246 g/mol. The number of hydrogen-bond donors (Lipinski definition) is 2. The molecule has 0 heterocycles. The van der Waals surface area contributed by atoms with E-state index in [1.54, 1.807) is 0 Å². The molecule has 0 radical (unpaired) electrons. The Balaban J connectivity index is 1.87. The second-order valence-corrected chi connectivity index (χ2v) is 5.78. The largest absolute Gasteiger partial charge is 0.399 e. The molecule has 1 aromatic rings. The molecule has 0 amide bonds. The van der Waals surface area contributed by atoms with Crippen molar-refractivity contribution in [2.45, 2.75) is 58.4 Å². The molecule has 0 saturated heterocycles. The standard InChI is InChI=1S/C16H26N2/c1-3-4-13-5-7-15(8-6-13)18-16-10-12(2)9-14(17)11-16/h9-11,13,15,18H,3-8,17H2,1-2H3. The van der Waals surface area contributed by atoms with Crippen LogP contribution in [0.4, 0.5) is 11.4 Å². The van der Waals surface area contributed by atoms with Crippen LogP contribution in [0, 0.1) is 12.8 Å². The highest BCUT2D eigenvalue weighted by Gasteiger charge is 2.20. The SMILES string of the molecule is CCCC1CCC(Nc2cc(C)cc(N)c2)CC1. The first-order valence-corrected chi connectivity index (χ1v) is 7.31. The van der Waals surface area contributed by atoms with E-state index in [9.17, 15) is 0 Å². The highest BCUT2D eigenvalue weighted by molar-refractivity contribution is 5.57. The molecule has 18 heavy (non-hydrogen) atoms. The van der Waals surface area contributed by atoms with Gasteiger partial charge in [-0.25, -0.2) is 0 Å². The summed E-state index contributed by atoms with van der Waals surface area (Å²) in [6.45, 7) is 4.39. The summed E-state index contributed by atoms with van der Waals surface area (Å²) in [5.74, 6) is 0.968. The van der Waals surface area contributed by atoms with Gasteiger partial charge in [-0.15, -0.1) is 0 Å². The Morgan fingerprint density at radius 3 is 2.50 bits per heavy atom. The molecule has 1 aliphatic carbocycles. The fraction of sp³-hybridized carbons (Fsp3) is 0.625. The highest BCUT2D eigenvalue weighted by Crippen LogP contribution is 2.30. The van der Waals surface area contributed by atoms with Gasteiger partial charge in [0.1, 0.15) is 0 Å². The third kappa shape index (κ3) is 3.66. The van der Waals surface area contributed by atoms with Gasteiger partial charge in [0, 0.05) is 17.4 Å². The summed E-state index contributed by atoms with van der Waals surface area (Å²) in [7, 11) is 0. The van der Waals surface area contributed by atoms with E-state index in [-0.39, 0.29) is 0 Å². The van der Waals surface area contributed by atoms with Crippen molar-refractivity contribution in [3.8, 4) is 0 Å². The number of hydrogen-bond acceptors (Lipinski definition) is 2. The number of nitrogens with one attached hydrogen (secondary N) is 1. The van der Waals surface area contributed by atoms with Crippen LogP contribution in [0.1, 0.15) is 51.0 Å². The monoisotopic (exact) mass is 246 g/mol. The van der Waals surface area contributed by atoms with E-state index in [2.05, 4.69) is 25.2 Å². The molecule has 1 saturated carbocycles. The van der Waals surface area contributed by atoms with Gasteiger partial charge < -0.3 is 11.1 Å². The third-order valence-electron chi connectivity index (χ3n) is 4.01. The van der Waals surface area contributed by atoms with Crippen LogP contribution in [-0.2, 0) is 0 Å². The summed E-state index contributed by atoms with van der Waals surface area (Å²) < 4.78 is 0. The fourth-order valence-corrected chi connectivity index (χ4v) is 3.14. The van der Waals surface area contributed by atoms with Gasteiger partial charge in [-0.05, 0) is 62.3 Å². The molecule has 2 heteroatoms. The quantitative estimate of drug-likeness (QED) is 0.775. The topological polar surface area (TPSA) is 38.0 Å². The maximum absolute atomic E-state index is 5.89. The van der Waals surface area contributed by atoms with E-state index >= 15 is 0 Å². The van der Waals surface area contributed by atoms with Gasteiger partial charge in [-0.1, -0.05) is 19.8 Å². The van der Waals surface area contributed by atoms with Crippen LogP contribution >= 0.6 is 0 Å². The Morgan fingerprint density at radius 1 is 1.17 bits per heavy atom. The van der Waals surface area contributed by atoms with Crippen molar-refractivity contribution < 1.29 is 0 Å². The van der Waals surface area contributed by atoms with Crippen molar-refractivity contribution in [3.63, 3.8) is 0 Å². The summed E-state index contributed by atoms with van der Waals surface area (Å²) in [6, 6.07) is 6.89. The Kier molecular flexibility index (Phi) is 4.51. The van der Waals surface area contributed by atoms with Crippen molar-refractivity contribution in [1.29, 1.82) is 0 Å². The minimum atomic E-state index is 0.638. The van der Waals surface area contributed by atoms with Gasteiger partial charge in [0.15, 0.2) is 0 Å². The first kappa shape index (κ1) is 13.3. The summed E-state index contributed by atoms with van der Waals surface area (Å²) in [5.41, 5.74) is 9.16. The van der Waals surface area contributed by atoms with Gasteiger partial charge in [0.25, 0.3) is 0 Å².